The van der Waals surface area contributed by atoms with Gasteiger partial charge in [0.2, 0.25) is 11.8 Å². The average molecular weight is 403 g/mol. The predicted molar refractivity (Wildman–Crippen MR) is 117 cm³/mol. The molecule has 1 fully saturated rings. The summed E-state index contributed by atoms with van der Waals surface area (Å²) < 4.78 is 0. The Labute approximate surface area is 175 Å². The zero-order chi connectivity index (χ0) is 21.1. The van der Waals surface area contributed by atoms with E-state index in [0.29, 0.717) is 24.1 Å². The fourth-order valence-corrected chi connectivity index (χ4v) is 4.18. The Bertz CT molecular complexity index is 1020. The van der Waals surface area contributed by atoms with Gasteiger partial charge >= 0.3 is 0 Å². The van der Waals surface area contributed by atoms with E-state index in [4.69, 9.17) is 5.73 Å². The predicted octanol–water partition coefficient (Wildman–Crippen LogP) is 3.88. The Morgan fingerprint density at radius 2 is 1.73 bits per heavy atom. The number of allylic oxidation sites excluding steroid dienone is 1. The van der Waals surface area contributed by atoms with Crippen LogP contribution in [0.25, 0.3) is 5.57 Å². The van der Waals surface area contributed by atoms with Gasteiger partial charge in [-0.2, -0.15) is 0 Å². The molecule has 1 heterocycles. The van der Waals surface area contributed by atoms with E-state index in [1.165, 1.54) is 0 Å². The van der Waals surface area contributed by atoms with Gasteiger partial charge < -0.3 is 16.0 Å². The molecule has 1 aliphatic heterocycles. The molecule has 3 amide bonds. The van der Waals surface area contributed by atoms with Crippen LogP contribution in [-0.4, -0.2) is 24.3 Å². The summed E-state index contributed by atoms with van der Waals surface area (Å²) in [6.07, 6.45) is 4.94. The monoisotopic (exact) mass is 403 g/mol. The van der Waals surface area contributed by atoms with Gasteiger partial charge in [-0.15, -0.1) is 0 Å². The molecule has 0 atom stereocenters. The minimum absolute atomic E-state index is 0.131. The number of nitrogens with zero attached hydrogens (tertiary/aromatic N) is 1. The standard InChI is InChI=1S/C24H25N3O3/c25-23(29)17-6-3-5-16(15-17)20-7-4-8-21(20)24(30)26-18-10-12-19(13-11-18)27-14-2-1-9-22(27)28/h3,5-6,10-13,15H,1-2,4,7-9,14H2,(H2,25,29)(H,26,30). The third-order valence-electron chi connectivity index (χ3n) is 5.75. The molecule has 1 aliphatic carbocycles. The summed E-state index contributed by atoms with van der Waals surface area (Å²) in [7, 11) is 0. The van der Waals surface area contributed by atoms with E-state index < -0.39 is 5.91 Å². The van der Waals surface area contributed by atoms with E-state index in [1.807, 2.05) is 30.3 Å². The van der Waals surface area contributed by atoms with Gasteiger partial charge in [0.25, 0.3) is 5.91 Å². The zero-order valence-corrected chi connectivity index (χ0v) is 16.8. The Hall–Kier alpha value is -3.41. The summed E-state index contributed by atoms with van der Waals surface area (Å²) in [5.74, 6) is -0.459. The second-order valence-electron chi connectivity index (χ2n) is 7.76. The lowest BCUT2D eigenvalue weighted by Gasteiger charge is -2.26. The number of primary amides is 1. The highest BCUT2D eigenvalue weighted by molar-refractivity contribution is 6.10. The van der Waals surface area contributed by atoms with Crippen molar-refractivity contribution in [3.05, 3.63) is 65.2 Å². The van der Waals surface area contributed by atoms with Crippen LogP contribution in [0, 0.1) is 0 Å². The van der Waals surface area contributed by atoms with Crippen LogP contribution in [0.15, 0.2) is 54.1 Å². The van der Waals surface area contributed by atoms with Gasteiger partial charge in [-0.1, -0.05) is 12.1 Å². The third-order valence-corrected chi connectivity index (χ3v) is 5.75. The summed E-state index contributed by atoms with van der Waals surface area (Å²) in [5.41, 5.74) is 9.96. The summed E-state index contributed by atoms with van der Waals surface area (Å²) in [6.45, 7) is 0.741. The van der Waals surface area contributed by atoms with E-state index in [2.05, 4.69) is 5.32 Å². The van der Waals surface area contributed by atoms with Gasteiger partial charge in [0.1, 0.15) is 0 Å². The van der Waals surface area contributed by atoms with E-state index in [9.17, 15) is 14.4 Å². The highest BCUT2D eigenvalue weighted by atomic mass is 16.2. The number of carbonyl (C=O) groups is 3. The Balaban J connectivity index is 1.51. The van der Waals surface area contributed by atoms with Gasteiger partial charge in [0.05, 0.1) is 0 Å². The number of amides is 3. The van der Waals surface area contributed by atoms with Crippen LogP contribution < -0.4 is 16.0 Å². The molecule has 2 aliphatic rings. The summed E-state index contributed by atoms with van der Waals surface area (Å²) in [4.78, 5) is 38.3. The molecule has 0 spiro atoms. The maximum atomic E-state index is 12.9. The lowest BCUT2D eigenvalue weighted by atomic mass is 9.99. The zero-order valence-electron chi connectivity index (χ0n) is 16.8. The van der Waals surface area contributed by atoms with Crippen LogP contribution in [0.5, 0.6) is 0 Å². The lowest BCUT2D eigenvalue weighted by Crippen LogP contribution is -2.35. The van der Waals surface area contributed by atoms with Crippen molar-refractivity contribution in [2.24, 2.45) is 5.73 Å². The number of nitrogens with one attached hydrogen (secondary N) is 1. The van der Waals surface area contributed by atoms with Crippen molar-refractivity contribution in [1.29, 1.82) is 0 Å². The molecule has 0 aromatic heterocycles. The molecule has 1 saturated heterocycles. The molecule has 6 nitrogen and oxygen atoms in total. The minimum Gasteiger partial charge on any atom is -0.366 e. The SMILES string of the molecule is NC(=O)c1cccc(C2=C(C(=O)Nc3ccc(N4CCCCC4=O)cc3)CCC2)c1. The molecule has 0 radical (unpaired) electrons. The normalized spacial score (nSPS) is 16.7. The van der Waals surface area contributed by atoms with Crippen molar-refractivity contribution in [2.75, 3.05) is 16.8 Å². The number of benzene rings is 2. The Kier molecular flexibility index (Phi) is 5.65. The largest absolute Gasteiger partial charge is 0.366 e. The fraction of sp³-hybridized carbons (Fsp3) is 0.292. The summed E-state index contributed by atoms with van der Waals surface area (Å²) in [5, 5.41) is 2.97. The number of carbonyl (C=O) groups excluding carboxylic acids is 3. The fourth-order valence-electron chi connectivity index (χ4n) is 4.18. The molecular formula is C24H25N3O3. The topological polar surface area (TPSA) is 92.5 Å². The molecule has 0 unspecified atom stereocenters. The number of anilines is 2. The first-order chi connectivity index (χ1) is 14.5. The first-order valence-electron chi connectivity index (χ1n) is 10.4. The van der Waals surface area contributed by atoms with Gasteiger partial charge in [0.15, 0.2) is 0 Å². The van der Waals surface area contributed by atoms with Crippen molar-refractivity contribution in [3.8, 4) is 0 Å². The number of rotatable bonds is 5. The number of piperidine rings is 1. The molecular weight excluding hydrogens is 378 g/mol. The highest BCUT2D eigenvalue weighted by Gasteiger charge is 2.23. The minimum atomic E-state index is -0.478. The molecule has 30 heavy (non-hydrogen) atoms. The Morgan fingerprint density at radius 1 is 0.933 bits per heavy atom. The second-order valence-corrected chi connectivity index (χ2v) is 7.76. The molecule has 2 aromatic rings. The van der Waals surface area contributed by atoms with Crippen LogP contribution in [0.1, 0.15) is 54.4 Å². The first-order valence-corrected chi connectivity index (χ1v) is 10.4. The van der Waals surface area contributed by atoms with Crippen LogP contribution >= 0.6 is 0 Å². The molecule has 154 valence electrons. The van der Waals surface area contributed by atoms with Crippen LogP contribution in [-0.2, 0) is 9.59 Å². The molecule has 2 aromatic carbocycles. The van der Waals surface area contributed by atoms with Crippen molar-refractivity contribution < 1.29 is 14.4 Å². The van der Waals surface area contributed by atoms with E-state index in [0.717, 1.165) is 54.6 Å². The average Bonchev–Trinajstić information content (AvgIpc) is 3.25. The van der Waals surface area contributed by atoms with Crippen LogP contribution in [0.3, 0.4) is 0 Å². The Morgan fingerprint density at radius 3 is 2.47 bits per heavy atom. The van der Waals surface area contributed by atoms with Gasteiger partial charge in [-0.05, 0) is 79.6 Å². The van der Waals surface area contributed by atoms with Crippen LogP contribution in [0.4, 0.5) is 11.4 Å². The lowest BCUT2D eigenvalue weighted by molar-refractivity contribution is -0.119. The number of nitrogens with two attached hydrogens (primary N) is 1. The molecule has 6 heteroatoms. The molecule has 4 rings (SSSR count). The first kappa shape index (κ1) is 19.9. The number of hydrogen-bond acceptors (Lipinski definition) is 3. The summed E-state index contributed by atoms with van der Waals surface area (Å²) >= 11 is 0. The maximum absolute atomic E-state index is 12.9. The molecule has 3 N–H and O–H groups in total. The van der Waals surface area contributed by atoms with Gasteiger partial charge in [-0.25, -0.2) is 0 Å². The quantitative estimate of drug-likeness (QED) is 0.793. The van der Waals surface area contributed by atoms with Crippen molar-refractivity contribution in [1.82, 2.24) is 0 Å². The van der Waals surface area contributed by atoms with E-state index >= 15 is 0 Å². The second kappa shape index (κ2) is 8.53. The van der Waals surface area contributed by atoms with E-state index in [-0.39, 0.29) is 11.8 Å². The number of hydrogen-bond donors (Lipinski definition) is 2. The van der Waals surface area contributed by atoms with E-state index in [1.54, 1.807) is 23.1 Å². The maximum Gasteiger partial charge on any atom is 0.251 e. The van der Waals surface area contributed by atoms with Crippen LogP contribution in [0.2, 0.25) is 0 Å². The summed E-state index contributed by atoms with van der Waals surface area (Å²) in [6, 6.07) is 14.5. The third kappa shape index (κ3) is 4.13. The smallest absolute Gasteiger partial charge is 0.251 e. The molecule has 0 saturated carbocycles. The highest BCUT2D eigenvalue weighted by Crippen LogP contribution is 2.35. The molecule has 0 bridgehead atoms. The van der Waals surface area contributed by atoms with Crippen molar-refractivity contribution in [3.63, 3.8) is 0 Å². The van der Waals surface area contributed by atoms with Crippen molar-refractivity contribution in [2.45, 2.75) is 38.5 Å². The van der Waals surface area contributed by atoms with Gasteiger partial charge in [-0.3, -0.25) is 14.4 Å². The van der Waals surface area contributed by atoms with Crippen molar-refractivity contribution >= 4 is 34.7 Å². The van der Waals surface area contributed by atoms with Gasteiger partial charge in [0, 0.05) is 35.5 Å².